The normalized spacial score (nSPS) is 11.2. The first-order chi connectivity index (χ1) is 15.4. The lowest BCUT2D eigenvalue weighted by atomic mass is 10.1. The summed E-state index contributed by atoms with van der Waals surface area (Å²) in [5, 5.41) is 2.99. The van der Waals surface area contributed by atoms with Crippen LogP contribution in [-0.4, -0.2) is 23.9 Å². The molecule has 0 saturated heterocycles. The van der Waals surface area contributed by atoms with Crippen molar-refractivity contribution < 1.29 is 13.2 Å². The van der Waals surface area contributed by atoms with Crippen molar-refractivity contribution in [2.45, 2.75) is 11.4 Å². The Morgan fingerprint density at radius 2 is 1.75 bits per heavy atom. The van der Waals surface area contributed by atoms with Gasteiger partial charge in [-0.1, -0.05) is 48.0 Å². The van der Waals surface area contributed by atoms with E-state index in [1.807, 2.05) is 35.0 Å². The predicted octanol–water partition coefficient (Wildman–Crippen LogP) is 4.26. The van der Waals surface area contributed by atoms with Crippen LogP contribution in [0.1, 0.15) is 15.9 Å². The molecule has 1 heterocycles. The first kappa shape index (κ1) is 21.6. The Hall–Kier alpha value is -3.62. The summed E-state index contributed by atoms with van der Waals surface area (Å²) in [4.78, 5) is 16.9. The zero-order chi connectivity index (χ0) is 22.6. The number of sulfonamides is 1. The topological polar surface area (TPSA) is 93.1 Å². The number of hydrogen-bond donors (Lipinski definition) is 2. The highest BCUT2D eigenvalue weighted by atomic mass is 35.5. The zero-order valence-electron chi connectivity index (χ0n) is 16.8. The lowest BCUT2D eigenvalue weighted by Crippen LogP contribution is -2.24. The summed E-state index contributed by atoms with van der Waals surface area (Å²) in [6.45, 7) is 0.284. The second-order valence-electron chi connectivity index (χ2n) is 6.89. The zero-order valence-corrected chi connectivity index (χ0v) is 18.3. The van der Waals surface area contributed by atoms with E-state index in [2.05, 4.69) is 15.0 Å². The van der Waals surface area contributed by atoms with Gasteiger partial charge in [0.05, 0.1) is 33.2 Å². The second kappa shape index (κ2) is 9.25. The van der Waals surface area contributed by atoms with E-state index in [0.717, 1.165) is 11.3 Å². The molecular formula is C23H19ClN4O3S. The molecule has 3 aromatic carbocycles. The van der Waals surface area contributed by atoms with Gasteiger partial charge in [0.1, 0.15) is 0 Å². The van der Waals surface area contributed by atoms with E-state index in [1.165, 1.54) is 30.3 Å². The Labute approximate surface area is 190 Å². The van der Waals surface area contributed by atoms with E-state index in [9.17, 15) is 13.2 Å². The maximum atomic E-state index is 12.7. The Kier molecular flexibility index (Phi) is 6.25. The van der Waals surface area contributed by atoms with Crippen LogP contribution in [-0.2, 0) is 16.6 Å². The first-order valence-electron chi connectivity index (χ1n) is 9.66. The fourth-order valence-electron chi connectivity index (χ4n) is 3.16. The van der Waals surface area contributed by atoms with Gasteiger partial charge in [-0.25, -0.2) is 13.4 Å². The molecule has 0 aliphatic carbocycles. The van der Waals surface area contributed by atoms with Gasteiger partial charge in [0.2, 0.25) is 0 Å². The molecule has 4 aromatic rings. The first-order valence-corrected chi connectivity index (χ1v) is 11.5. The van der Waals surface area contributed by atoms with E-state index < -0.39 is 10.0 Å². The lowest BCUT2D eigenvalue weighted by molar-refractivity contribution is 0.0951. The van der Waals surface area contributed by atoms with Crippen LogP contribution in [0.25, 0.3) is 5.69 Å². The molecule has 0 fully saturated rings. The molecule has 0 aliphatic rings. The Bertz CT molecular complexity index is 1340. The molecule has 0 saturated carbocycles. The molecular weight excluding hydrogens is 448 g/mol. The van der Waals surface area contributed by atoms with Crippen LogP contribution in [0, 0.1) is 0 Å². The van der Waals surface area contributed by atoms with Crippen LogP contribution in [0.4, 0.5) is 5.69 Å². The number of hydrogen-bond acceptors (Lipinski definition) is 4. The van der Waals surface area contributed by atoms with Crippen molar-refractivity contribution in [1.82, 2.24) is 14.9 Å². The van der Waals surface area contributed by atoms with Gasteiger partial charge in [0.15, 0.2) is 0 Å². The fraction of sp³-hybridized carbons (Fsp3) is 0.0435. The molecule has 0 radical (unpaired) electrons. The Morgan fingerprint density at radius 3 is 2.47 bits per heavy atom. The molecule has 0 bridgehead atoms. The minimum Gasteiger partial charge on any atom is -0.348 e. The number of benzene rings is 3. The van der Waals surface area contributed by atoms with Crippen LogP contribution in [0.3, 0.4) is 0 Å². The van der Waals surface area contributed by atoms with Gasteiger partial charge in [-0.05, 0) is 42.0 Å². The van der Waals surface area contributed by atoms with Crippen molar-refractivity contribution in [3.05, 3.63) is 108 Å². The van der Waals surface area contributed by atoms with E-state index in [1.54, 1.807) is 30.7 Å². The van der Waals surface area contributed by atoms with Crippen LogP contribution < -0.4 is 10.0 Å². The largest absolute Gasteiger partial charge is 0.348 e. The molecule has 32 heavy (non-hydrogen) atoms. The minimum absolute atomic E-state index is 0.134. The predicted molar refractivity (Wildman–Crippen MR) is 123 cm³/mol. The minimum atomic E-state index is -3.75. The summed E-state index contributed by atoms with van der Waals surface area (Å²) in [5.41, 5.74) is 2.32. The smallest absolute Gasteiger partial charge is 0.261 e. The van der Waals surface area contributed by atoms with Crippen LogP contribution in [0.15, 0.2) is 96.4 Å². The van der Waals surface area contributed by atoms with Crippen LogP contribution in [0.2, 0.25) is 5.02 Å². The summed E-state index contributed by atoms with van der Waals surface area (Å²) in [6.07, 6.45) is 5.20. The summed E-state index contributed by atoms with van der Waals surface area (Å²) < 4.78 is 29.3. The van der Waals surface area contributed by atoms with Crippen molar-refractivity contribution in [1.29, 1.82) is 0 Å². The number of carbonyl (C=O) groups excluding carboxylic acids is 1. The maximum absolute atomic E-state index is 12.7. The van der Waals surface area contributed by atoms with Crippen LogP contribution >= 0.6 is 11.6 Å². The molecule has 1 amide bonds. The highest BCUT2D eigenvalue weighted by Gasteiger charge is 2.16. The monoisotopic (exact) mass is 466 g/mol. The SMILES string of the molecule is O=C(NCc1ccccc1-n1ccnc1)c1ccc(NS(=O)(=O)c2ccccc2)cc1Cl. The molecule has 162 valence electrons. The maximum Gasteiger partial charge on any atom is 0.261 e. The summed E-state index contributed by atoms with van der Waals surface area (Å²) in [7, 11) is -3.75. The Morgan fingerprint density at radius 1 is 1.00 bits per heavy atom. The van der Waals surface area contributed by atoms with Gasteiger partial charge < -0.3 is 9.88 Å². The number of aromatic nitrogens is 2. The number of imidazole rings is 1. The van der Waals surface area contributed by atoms with E-state index in [4.69, 9.17) is 11.6 Å². The van der Waals surface area contributed by atoms with Gasteiger partial charge in [0, 0.05) is 18.9 Å². The molecule has 0 atom stereocenters. The number of para-hydroxylation sites is 1. The van der Waals surface area contributed by atoms with Crippen molar-refractivity contribution >= 4 is 33.2 Å². The van der Waals surface area contributed by atoms with Gasteiger partial charge in [-0.2, -0.15) is 0 Å². The van der Waals surface area contributed by atoms with E-state index >= 15 is 0 Å². The number of carbonyl (C=O) groups is 1. The average molecular weight is 467 g/mol. The summed E-state index contributed by atoms with van der Waals surface area (Å²) in [5.74, 6) is -0.368. The highest BCUT2D eigenvalue weighted by Crippen LogP contribution is 2.24. The van der Waals surface area contributed by atoms with Gasteiger partial charge >= 0.3 is 0 Å². The number of rotatable bonds is 7. The number of halogens is 1. The van der Waals surface area contributed by atoms with E-state index in [0.29, 0.717) is 0 Å². The summed E-state index contributed by atoms with van der Waals surface area (Å²) >= 11 is 6.29. The van der Waals surface area contributed by atoms with Gasteiger partial charge in [0.25, 0.3) is 15.9 Å². The third kappa shape index (κ3) is 4.82. The number of anilines is 1. The van der Waals surface area contributed by atoms with E-state index in [-0.39, 0.29) is 33.6 Å². The number of nitrogens with one attached hydrogen (secondary N) is 2. The third-order valence-corrected chi connectivity index (χ3v) is 6.44. The molecule has 7 nitrogen and oxygen atoms in total. The van der Waals surface area contributed by atoms with Crippen LogP contribution in [0.5, 0.6) is 0 Å². The number of nitrogens with zero attached hydrogens (tertiary/aromatic N) is 2. The molecule has 0 spiro atoms. The van der Waals surface area contributed by atoms with Gasteiger partial charge in [-0.15, -0.1) is 0 Å². The molecule has 9 heteroatoms. The quantitative estimate of drug-likeness (QED) is 0.425. The van der Waals surface area contributed by atoms with Gasteiger partial charge in [-0.3, -0.25) is 9.52 Å². The standard InChI is InChI=1S/C23H19ClN4O3S/c24-21-14-18(27-32(30,31)19-7-2-1-3-8-19)10-11-20(21)23(29)26-15-17-6-4-5-9-22(17)28-13-12-25-16-28/h1-14,16,27H,15H2,(H,26,29). The summed E-state index contributed by atoms with van der Waals surface area (Å²) in [6, 6.07) is 20.1. The fourth-order valence-corrected chi connectivity index (χ4v) is 4.50. The second-order valence-corrected chi connectivity index (χ2v) is 8.98. The van der Waals surface area contributed by atoms with Crippen molar-refractivity contribution in [3.8, 4) is 5.69 Å². The molecule has 0 unspecified atom stereocenters. The highest BCUT2D eigenvalue weighted by molar-refractivity contribution is 7.92. The third-order valence-electron chi connectivity index (χ3n) is 4.73. The average Bonchev–Trinajstić information content (AvgIpc) is 3.33. The Balaban J connectivity index is 1.47. The van der Waals surface area contributed by atoms with Crippen molar-refractivity contribution in [3.63, 3.8) is 0 Å². The molecule has 1 aromatic heterocycles. The van der Waals surface area contributed by atoms with Crippen molar-refractivity contribution in [2.75, 3.05) is 4.72 Å². The van der Waals surface area contributed by atoms with Crippen molar-refractivity contribution in [2.24, 2.45) is 0 Å². The number of amides is 1. The molecule has 2 N–H and O–H groups in total. The molecule has 0 aliphatic heterocycles. The molecule has 4 rings (SSSR count). The lowest BCUT2D eigenvalue weighted by Gasteiger charge is -2.13.